The molecular weight excluding hydrogens is 435 g/mol. The first-order valence-corrected chi connectivity index (χ1v) is 11.1. The number of amides is 1. The molecule has 0 atom stereocenters. The number of nitrogens with zero attached hydrogens (tertiary/aromatic N) is 1. The first kappa shape index (κ1) is 19.5. The molecule has 0 spiro atoms. The molecule has 0 unspecified atom stereocenters. The molecular formula is C20H16Cl2N2O2S2. The summed E-state index contributed by atoms with van der Waals surface area (Å²) in [7, 11) is 1.55. The lowest BCUT2D eigenvalue weighted by Crippen LogP contribution is -2.10. The minimum absolute atomic E-state index is 0.265. The van der Waals surface area contributed by atoms with Crippen molar-refractivity contribution in [1.29, 1.82) is 0 Å². The lowest BCUT2D eigenvalue weighted by Gasteiger charge is -2.03. The number of thiophene rings is 1. The molecule has 4 rings (SSSR count). The quantitative estimate of drug-likeness (QED) is 0.354. The normalized spacial score (nSPS) is 11.3. The van der Waals surface area contributed by atoms with Crippen LogP contribution in [0.1, 0.15) is 28.0 Å². The molecule has 0 saturated carbocycles. The summed E-state index contributed by atoms with van der Waals surface area (Å²) in [6.07, 6.45) is 2.02. The Balaban J connectivity index is 1.65. The average Bonchev–Trinajstić information content (AvgIpc) is 3.23. The van der Waals surface area contributed by atoms with Gasteiger partial charge in [0, 0.05) is 11.1 Å². The number of anilines is 1. The zero-order valence-corrected chi connectivity index (χ0v) is 18.3. The largest absolute Gasteiger partial charge is 0.495 e. The maximum atomic E-state index is 12.8. The Labute approximate surface area is 180 Å². The predicted octanol–water partition coefficient (Wildman–Crippen LogP) is 7.03. The van der Waals surface area contributed by atoms with Crippen molar-refractivity contribution in [2.45, 2.75) is 19.8 Å². The van der Waals surface area contributed by atoms with Crippen LogP contribution in [-0.2, 0) is 6.42 Å². The fraction of sp³-hybridized carbons (Fsp3) is 0.200. The zero-order chi connectivity index (χ0) is 19.8. The summed E-state index contributed by atoms with van der Waals surface area (Å²) < 4.78 is 7.03. The van der Waals surface area contributed by atoms with Gasteiger partial charge in [0.25, 0.3) is 5.91 Å². The summed E-state index contributed by atoms with van der Waals surface area (Å²) in [6.45, 7) is 2.13. The van der Waals surface area contributed by atoms with E-state index in [1.54, 1.807) is 24.5 Å². The Morgan fingerprint density at radius 2 is 2.00 bits per heavy atom. The summed E-state index contributed by atoms with van der Waals surface area (Å²) in [4.78, 5) is 17.9. The summed E-state index contributed by atoms with van der Waals surface area (Å²) in [6, 6.07) is 9.29. The molecule has 4 nitrogen and oxygen atoms in total. The number of methoxy groups -OCH3 is 1. The number of thiazole rings is 1. The van der Waals surface area contributed by atoms with Crippen LogP contribution in [0.3, 0.4) is 0 Å². The summed E-state index contributed by atoms with van der Waals surface area (Å²) in [5.74, 6) is 0.288. The number of fused-ring (bicyclic) bond motifs is 2. The van der Waals surface area contributed by atoms with Gasteiger partial charge >= 0.3 is 0 Å². The number of carbonyl (C=O) groups excluding carboxylic acids is 1. The Bertz CT molecular complexity index is 1200. The Hall–Kier alpha value is -1.86. The zero-order valence-electron chi connectivity index (χ0n) is 15.1. The topological polar surface area (TPSA) is 51.2 Å². The number of aromatic nitrogens is 1. The van der Waals surface area contributed by atoms with Gasteiger partial charge < -0.3 is 10.1 Å². The van der Waals surface area contributed by atoms with Crippen LogP contribution in [0.25, 0.3) is 20.3 Å². The van der Waals surface area contributed by atoms with E-state index >= 15 is 0 Å². The number of carbonyl (C=O) groups is 1. The second kappa shape index (κ2) is 7.87. The fourth-order valence-corrected chi connectivity index (χ4v) is 5.84. The van der Waals surface area contributed by atoms with E-state index in [-0.39, 0.29) is 5.91 Å². The van der Waals surface area contributed by atoms with Crippen LogP contribution in [0.4, 0.5) is 5.69 Å². The van der Waals surface area contributed by atoms with Gasteiger partial charge in [-0.15, -0.1) is 22.7 Å². The fourth-order valence-electron chi connectivity index (χ4n) is 2.94. The van der Waals surface area contributed by atoms with Crippen LogP contribution >= 0.6 is 45.9 Å². The van der Waals surface area contributed by atoms with Crippen LogP contribution in [0, 0.1) is 0 Å². The number of halogens is 2. The van der Waals surface area contributed by atoms with Crippen molar-refractivity contribution in [2.24, 2.45) is 0 Å². The van der Waals surface area contributed by atoms with E-state index < -0.39 is 0 Å². The molecule has 0 aliphatic heterocycles. The molecule has 2 aromatic heterocycles. The molecule has 2 aromatic carbocycles. The number of rotatable bonds is 5. The molecule has 28 heavy (non-hydrogen) atoms. The minimum Gasteiger partial charge on any atom is -0.495 e. The highest BCUT2D eigenvalue weighted by Crippen LogP contribution is 2.43. The van der Waals surface area contributed by atoms with Gasteiger partial charge in [-0.05, 0) is 43.2 Å². The van der Waals surface area contributed by atoms with Gasteiger partial charge in [-0.2, -0.15) is 0 Å². The second-order valence-electron chi connectivity index (χ2n) is 6.20. The maximum Gasteiger partial charge on any atom is 0.267 e. The third-order valence-corrected chi connectivity index (χ3v) is 7.57. The first-order valence-electron chi connectivity index (χ1n) is 8.67. The van der Waals surface area contributed by atoms with Crippen molar-refractivity contribution in [3.05, 3.63) is 50.3 Å². The van der Waals surface area contributed by atoms with Gasteiger partial charge in [0.2, 0.25) is 0 Å². The Morgan fingerprint density at radius 1 is 1.18 bits per heavy atom. The van der Waals surface area contributed by atoms with E-state index in [0.717, 1.165) is 38.2 Å². The number of benzene rings is 2. The summed E-state index contributed by atoms with van der Waals surface area (Å²) in [5.41, 5.74) is 1.66. The number of ether oxygens (including phenoxy) is 1. The van der Waals surface area contributed by atoms with Crippen LogP contribution < -0.4 is 10.1 Å². The summed E-state index contributed by atoms with van der Waals surface area (Å²) in [5, 5.41) is 5.64. The van der Waals surface area contributed by atoms with Crippen molar-refractivity contribution in [3.63, 3.8) is 0 Å². The van der Waals surface area contributed by atoms with E-state index in [2.05, 4.69) is 17.2 Å². The molecule has 0 aliphatic carbocycles. The van der Waals surface area contributed by atoms with Gasteiger partial charge in [-0.1, -0.05) is 30.1 Å². The van der Waals surface area contributed by atoms with Gasteiger partial charge in [0.05, 0.1) is 32.1 Å². The van der Waals surface area contributed by atoms with Crippen LogP contribution in [0.15, 0.2) is 30.3 Å². The van der Waals surface area contributed by atoms with Crippen molar-refractivity contribution in [3.8, 4) is 5.75 Å². The van der Waals surface area contributed by atoms with E-state index in [1.807, 2.05) is 24.3 Å². The van der Waals surface area contributed by atoms with Crippen molar-refractivity contribution < 1.29 is 9.53 Å². The van der Waals surface area contributed by atoms with Gasteiger partial charge in [0.1, 0.15) is 15.6 Å². The van der Waals surface area contributed by atoms with Crippen LogP contribution in [-0.4, -0.2) is 18.0 Å². The molecule has 0 radical (unpaired) electrons. The first-order chi connectivity index (χ1) is 13.5. The van der Waals surface area contributed by atoms with Crippen LogP contribution in [0.5, 0.6) is 5.75 Å². The van der Waals surface area contributed by atoms with Crippen molar-refractivity contribution in [2.75, 3.05) is 12.4 Å². The summed E-state index contributed by atoms with van der Waals surface area (Å²) >= 11 is 15.7. The Kier molecular flexibility index (Phi) is 5.47. The van der Waals surface area contributed by atoms with E-state index in [4.69, 9.17) is 27.9 Å². The van der Waals surface area contributed by atoms with E-state index in [0.29, 0.717) is 26.4 Å². The number of hydrogen-bond acceptors (Lipinski definition) is 5. The van der Waals surface area contributed by atoms with Crippen molar-refractivity contribution >= 4 is 77.8 Å². The third kappa shape index (κ3) is 3.46. The highest BCUT2D eigenvalue weighted by atomic mass is 35.5. The molecule has 1 amide bonds. The molecule has 0 saturated heterocycles. The Morgan fingerprint density at radius 3 is 2.75 bits per heavy atom. The average molecular weight is 451 g/mol. The molecule has 0 fully saturated rings. The number of hydrogen-bond donors (Lipinski definition) is 1. The standard InChI is InChI=1S/C20H16Cl2N2O2S2/c1-3-4-15-24-12-7-5-10(9-14(12)27-15)23-20(25)19-16(21)11-6-8-13(26-2)17(22)18(11)28-19/h5-9H,3-4H2,1-2H3,(H,23,25). The second-order valence-corrected chi connectivity index (χ2v) is 9.09. The van der Waals surface area contributed by atoms with E-state index in [9.17, 15) is 4.79 Å². The molecule has 0 bridgehead atoms. The van der Waals surface area contributed by atoms with Gasteiger partial charge in [-0.25, -0.2) is 4.98 Å². The van der Waals surface area contributed by atoms with Gasteiger partial charge in [-0.3, -0.25) is 4.79 Å². The molecule has 4 aromatic rings. The molecule has 1 N–H and O–H groups in total. The lowest BCUT2D eigenvalue weighted by molar-refractivity contribution is 0.103. The monoisotopic (exact) mass is 450 g/mol. The van der Waals surface area contributed by atoms with Crippen molar-refractivity contribution in [1.82, 2.24) is 4.98 Å². The lowest BCUT2D eigenvalue weighted by atomic mass is 10.2. The third-order valence-electron chi connectivity index (χ3n) is 4.28. The predicted molar refractivity (Wildman–Crippen MR) is 120 cm³/mol. The minimum atomic E-state index is -0.265. The molecule has 0 aliphatic rings. The maximum absolute atomic E-state index is 12.8. The van der Waals surface area contributed by atoms with E-state index in [1.165, 1.54) is 11.3 Å². The highest BCUT2D eigenvalue weighted by molar-refractivity contribution is 7.22. The molecule has 8 heteroatoms. The number of aryl methyl sites for hydroxylation is 1. The molecule has 2 heterocycles. The number of nitrogens with one attached hydrogen (secondary N) is 1. The van der Waals surface area contributed by atoms with Crippen LogP contribution in [0.2, 0.25) is 10.0 Å². The van der Waals surface area contributed by atoms with Gasteiger partial charge in [0.15, 0.2) is 0 Å². The highest BCUT2D eigenvalue weighted by Gasteiger charge is 2.20. The SMILES string of the molecule is CCCc1nc2ccc(NC(=O)c3sc4c(Cl)c(OC)ccc4c3Cl)cc2s1. The molecule has 144 valence electrons. The smallest absolute Gasteiger partial charge is 0.267 e.